The summed E-state index contributed by atoms with van der Waals surface area (Å²) in [4.78, 5) is 22.4. The molecule has 0 saturated carbocycles. The first-order valence-electron chi connectivity index (χ1n) is 5.73. The summed E-state index contributed by atoms with van der Waals surface area (Å²) in [5, 5.41) is 0. The van der Waals surface area contributed by atoms with Crippen LogP contribution in [0.4, 0.5) is 0 Å². The maximum Gasteiger partial charge on any atom is 0.143 e. The highest BCUT2D eigenvalue weighted by molar-refractivity contribution is 5.82. The highest BCUT2D eigenvalue weighted by Crippen LogP contribution is 2.18. The lowest BCUT2D eigenvalue weighted by molar-refractivity contribution is -0.123. The van der Waals surface area contributed by atoms with Crippen LogP contribution in [-0.4, -0.2) is 40.8 Å². The molecule has 1 aromatic heterocycles. The minimum Gasteiger partial charge on any atom is -0.306 e. The molecule has 0 bridgehead atoms. The molecule has 0 spiro atoms. The van der Waals surface area contributed by atoms with Crippen molar-refractivity contribution in [1.29, 1.82) is 0 Å². The minimum absolute atomic E-state index is 0.208. The first-order valence-corrected chi connectivity index (χ1v) is 5.73. The zero-order chi connectivity index (χ0) is 11.4. The summed E-state index contributed by atoms with van der Waals surface area (Å²) in [6.07, 6.45) is 5.70. The van der Waals surface area contributed by atoms with E-state index in [1.54, 1.807) is 18.5 Å². The second kappa shape index (κ2) is 5.16. The molecule has 4 nitrogen and oxygen atoms in total. The average molecular weight is 219 g/mol. The maximum atomic E-state index is 12.0. The smallest absolute Gasteiger partial charge is 0.143 e. The molecule has 0 aromatic carbocycles. The zero-order valence-electron chi connectivity index (χ0n) is 9.59. The lowest BCUT2D eigenvalue weighted by Gasteiger charge is -2.27. The molecule has 0 amide bonds. The van der Waals surface area contributed by atoms with Gasteiger partial charge in [0.2, 0.25) is 0 Å². The van der Waals surface area contributed by atoms with Crippen molar-refractivity contribution in [1.82, 2.24) is 14.9 Å². The van der Waals surface area contributed by atoms with Crippen LogP contribution in [0.1, 0.15) is 18.7 Å². The van der Waals surface area contributed by atoms with Gasteiger partial charge < -0.3 is 4.90 Å². The Morgan fingerprint density at radius 1 is 1.38 bits per heavy atom. The number of ketones is 1. The first kappa shape index (κ1) is 11.2. The van der Waals surface area contributed by atoms with Crippen molar-refractivity contribution in [3.63, 3.8) is 0 Å². The van der Waals surface area contributed by atoms with Gasteiger partial charge >= 0.3 is 0 Å². The van der Waals surface area contributed by atoms with Crippen LogP contribution >= 0.6 is 0 Å². The number of carbonyl (C=O) groups is 1. The predicted octanol–water partition coefficient (Wildman–Crippen LogP) is 0.930. The molecule has 0 unspecified atom stereocenters. The van der Waals surface area contributed by atoms with Crippen molar-refractivity contribution in [2.75, 3.05) is 20.1 Å². The summed E-state index contributed by atoms with van der Waals surface area (Å²) in [7, 11) is 2.10. The van der Waals surface area contributed by atoms with Gasteiger partial charge in [-0.2, -0.15) is 0 Å². The fourth-order valence-electron chi connectivity index (χ4n) is 2.05. The van der Waals surface area contributed by atoms with E-state index in [1.165, 1.54) is 0 Å². The summed E-state index contributed by atoms with van der Waals surface area (Å²) in [6, 6.07) is 1.77. The topological polar surface area (TPSA) is 46.1 Å². The third-order valence-corrected chi connectivity index (χ3v) is 3.13. The number of rotatable bonds is 3. The first-order chi connectivity index (χ1) is 7.75. The van der Waals surface area contributed by atoms with Crippen molar-refractivity contribution < 1.29 is 4.79 Å². The van der Waals surface area contributed by atoms with Gasteiger partial charge in [-0.3, -0.25) is 4.79 Å². The van der Waals surface area contributed by atoms with Crippen LogP contribution in [0.15, 0.2) is 18.5 Å². The Hall–Kier alpha value is -1.29. The Labute approximate surface area is 95.7 Å². The molecule has 1 aliphatic rings. The van der Waals surface area contributed by atoms with E-state index < -0.39 is 0 Å². The largest absolute Gasteiger partial charge is 0.306 e. The molecule has 16 heavy (non-hydrogen) atoms. The lowest BCUT2D eigenvalue weighted by Crippen LogP contribution is -2.34. The monoisotopic (exact) mass is 219 g/mol. The summed E-state index contributed by atoms with van der Waals surface area (Å²) in [5.41, 5.74) is 0. The molecule has 86 valence electrons. The Bertz CT molecular complexity index is 345. The molecule has 1 fully saturated rings. The van der Waals surface area contributed by atoms with Gasteiger partial charge in [0.15, 0.2) is 0 Å². The quantitative estimate of drug-likeness (QED) is 0.758. The fraction of sp³-hybridized carbons (Fsp3) is 0.583. The van der Waals surface area contributed by atoms with Crippen LogP contribution in [-0.2, 0) is 11.2 Å². The molecule has 2 heterocycles. The molecule has 4 heteroatoms. The van der Waals surface area contributed by atoms with Crippen LogP contribution in [0.3, 0.4) is 0 Å². The van der Waals surface area contributed by atoms with E-state index in [4.69, 9.17) is 0 Å². The number of nitrogens with zero attached hydrogens (tertiary/aromatic N) is 3. The number of hydrogen-bond acceptors (Lipinski definition) is 4. The summed E-state index contributed by atoms with van der Waals surface area (Å²) in [6.45, 7) is 2.04. The molecule has 0 N–H and O–H groups in total. The number of carbonyl (C=O) groups excluding carboxylic acids is 1. The highest BCUT2D eigenvalue weighted by atomic mass is 16.1. The Balaban J connectivity index is 1.89. The van der Waals surface area contributed by atoms with Crippen molar-refractivity contribution >= 4 is 5.78 Å². The number of piperidine rings is 1. The zero-order valence-corrected chi connectivity index (χ0v) is 9.59. The van der Waals surface area contributed by atoms with Crippen LogP contribution in [0, 0.1) is 5.92 Å². The van der Waals surface area contributed by atoms with Crippen molar-refractivity contribution in [3.8, 4) is 0 Å². The Kier molecular flexibility index (Phi) is 3.62. The van der Waals surface area contributed by atoms with Crippen LogP contribution in [0.5, 0.6) is 0 Å². The average Bonchev–Trinajstić information content (AvgIpc) is 2.31. The summed E-state index contributed by atoms with van der Waals surface area (Å²) in [5.74, 6) is 1.14. The van der Waals surface area contributed by atoms with E-state index in [0.717, 1.165) is 25.9 Å². The molecule has 0 atom stereocenters. The molecule has 2 rings (SSSR count). The van der Waals surface area contributed by atoms with E-state index in [0.29, 0.717) is 18.0 Å². The Morgan fingerprint density at radius 2 is 2.00 bits per heavy atom. The second-order valence-corrected chi connectivity index (χ2v) is 4.39. The van der Waals surface area contributed by atoms with E-state index in [1.807, 2.05) is 0 Å². The summed E-state index contributed by atoms with van der Waals surface area (Å²) < 4.78 is 0. The standard InChI is InChI=1S/C12H17N3O/c1-15-7-3-10(4-8-15)11(16)9-12-13-5-2-6-14-12/h2,5-6,10H,3-4,7-9H2,1H3. The van der Waals surface area contributed by atoms with Gasteiger partial charge in [0.25, 0.3) is 0 Å². The molecule has 0 radical (unpaired) electrons. The number of Topliss-reactive ketones (excluding diaryl/α,β-unsaturated/α-hetero) is 1. The summed E-state index contributed by atoms with van der Waals surface area (Å²) >= 11 is 0. The molecule has 0 aliphatic carbocycles. The van der Waals surface area contributed by atoms with E-state index >= 15 is 0 Å². The third kappa shape index (κ3) is 2.85. The van der Waals surface area contributed by atoms with E-state index in [9.17, 15) is 4.79 Å². The van der Waals surface area contributed by atoms with Crippen LogP contribution < -0.4 is 0 Å². The molecule has 1 aliphatic heterocycles. The second-order valence-electron chi connectivity index (χ2n) is 4.39. The van der Waals surface area contributed by atoms with Crippen LogP contribution in [0.25, 0.3) is 0 Å². The van der Waals surface area contributed by atoms with E-state index in [-0.39, 0.29) is 5.92 Å². The molecule has 1 saturated heterocycles. The SMILES string of the molecule is CN1CCC(C(=O)Cc2ncccn2)CC1. The maximum absolute atomic E-state index is 12.0. The van der Waals surface area contributed by atoms with Gasteiger partial charge in [-0.25, -0.2) is 9.97 Å². The Morgan fingerprint density at radius 3 is 2.62 bits per heavy atom. The van der Waals surface area contributed by atoms with Gasteiger partial charge in [0.1, 0.15) is 11.6 Å². The number of aromatic nitrogens is 2. The van der Waals surface area contributed by atoms with E-state index in [2.05, 4.69) is 21.9 Å². The normalized spacial score (nSPS) is 18.6. The molecular formula is C12H17N3O. The van der Waals surface area contributed by atoms with Crippen molar-refractivity contribution in [2.24, 2.45) is 5.92 Å². The van der Waals surface area contributed by atoms with Gasteiger partial charge in [0, 0.05) is 18.3 Å². The minimum atomic E-state index is 0.208. The third-order valence-electron chi connectivity index (χ3n) is 3.13. The molecule has 1 aromatic rings. The van der Waals surface area contributed by atoms with Crippen molar-refractivity contribution in [2.45, 2.75) is 19.3 Å². The van der Waals surface area contributed by atoms with Gasteiger partial charge in [0.05, 0.1) is 6.42 Å². The highest BCUT2D eigenvalue weighted by Gasteiger charge is 2.23. The molecular weight excluding hydrogens is 202 g/mol. The van der Waals surface area contributed by atoms with Crippen LogP contribution in [0.2, 0.25) is 0 Å². The fourth-order valence-corrected chi connectivity index (χ4v) is 2.05. The number of likely N-dealkylation sites (tertiary alicyclic amines) is 1. The van der Waals surface area contributed by atoms with Gasteiger partial charge in [-0.1, -0.05) is 0 Å². The van der Waals surface area contributed by atoms with Gasteiger partial charge in [-0.05, 0) is 39.0 Å². The van der Waals surface area contributed by atoms with Crippen molar-refractivity contribution in [3.05, 3.63) is 24.3 Å². The predicted molar refractivity (Wildman–Crippen MR) is 61.0 cm³/mol. The number of hydrogen-bond donors (Lipinski definition) is 0. The lowest BCUT2D eigenvalue weighted by atomic mass is 9.91. The van der Waals surface area contributed by atoms with Gasteiger partial charge in [-0.15, -0.1) is 0 Å².